The molecule has 1 aromatic heterocycles. The number of nitrogens with one attached hydrogen (secondary N) is 1. The Morgan fingerprint density at radius 1 is 1.38 bits per heavy atom. The molecule has 24 heavy (non-hydrogen) atoms. The Kier molecular flexibility index (Phi) is 5.26. The van der Waals surface area contributed by atoms with Crippen LogP contribution in [0.3, 0.4) is 0 Å². The van der Waals surface area contributed by atoms with E-state index in [2.05, 4.69) is 15.2 Å². The van der Waals surface area contributed by atoms with Crippen LogP contribution in [0.4, 0.5) is 8.78 Å². The molecule has 1 fully saturated rings. The first-order valence-corrected chi connectivity index (χ1v) is 8.34. The van der Waals surface area contributed by atoms with Crippen molar-refractivity contribution >= 4 is 0 Å². The predicted octanol–water partition coefficient (Wildman–Crippen LogP) is 3.36. The second kappa shape index (κ2) is 7.40. The summed E-state index contributed by atoms with van der Waals surface area (Å²) in [7, 11) is 2.05. The lowest BCUT2D eigenvalue weighted by atomic mass is 9.99. The van der Waals surface area contributed by atoms with Gasteiger partial charge in [-0.05, 0) is 58.0 Å². The molecule has 2 aromatic rings. The van der Waals surface area contributed by atoms with Gasteiger partial charge in [0, 0.05) is 13.1 Å². The van der Waals surface area contributed by atoms with Crippen molar-refractivity contribution in [1.82, 2.24) is 15.2 Å². The molecular formula is C18H23F2N3O. The molecule has 1 aliphatic heterocycles. The van der Waals surface area contributed by atoms with Crippen LogP contribution in [-0.4, -0.2) is 36.6 Å². The maximum Gasteiger partial charge on any atom is 0.229 e. The quantitative estimate of drug-likeness (QED) is 0.910. The Morgan fingerprint density at radius 3 is 2.96 bits per heavy atom. The number of oxazole rings is 1. The number of nitrogens with zero attached hydrogens (tertiary/aromatic N) is 2. The van der Waals surface area contributed by atoms with Crippen molar-refractivity contribution in [3.8, 4) is 11.5 Å². The van der Waals surface area contributed by atoms with Crippen molar-refractivity contribution in [2.24, 2.45) is 5.92 Å². The lowest BCUT2D eigenvalue weighted by molar-refractivity contribution is 0.235. The molecule has 0 unspecified atom stereocenters. The number of hydrogen-bond donors (Lipinski definition) is 1. The molecule has 0 amide bonds. The van der Waals surface area contributed by atoms with Crippen molar-refractivity contribution in [3.63, 3.8) is 0 Å². The lowest BCUT2D eigenvalue weighted by Gasteiger charge is -2.27. The van der Waals surface area contributed by atoms with Gasteiger partial charge in [0.1, 0.15) is 5.76 Å². The highest BCUT2D eigenvalue weighted by Gasteiger charge is 2.20. The van der Waals surface area contributed by atoms with E-state index in [1.165, 1.54) is 25.0 Å². The Balaban J connectivity index is 1.70. The average Bonchev–Trinajstić information content (AvgIpc) is 2.91. The first kappa shape index (κ1) is 17.0. The van der Waals surface area contributed by atoms with Crippen LogP contribution >= 0.6 is 0 Å². The van der Waals surface area contributed by atoms with E-state index in [-0.39, 0.29) is 11.5 Å². The van der Waals surface area contributed by atoms with Gasteiger partial charge < -0.3 is 14.6 Å². The van der Waals surface area contributed by atoms with Gasteiger partial charge in [0.05, 0.1) is 11.3 Å². The molecule has 6 heteroatoms. The Labute approximate surface area is 140 Å². The molecule has 1 N–H and O–H groups in total. The third-order valence-corrected chi connectivity index (χ3v) is 4.46. The monoisotopic (exact) mass is 335 g/mol. The summed E-state index contributed by atoms with van der Waals surface area (Å²) in [5, 5.41) is 3.41. The summed E-state index contributed by atoms with van der Waals surface area (Å²) in [4.78, 5) is 6.59. The average molecular weight is 335 g/mol. The van der Waals surface area contributed by atoms with Crippen molar-refractivity contribution in [2.45, 2.75) is 26.3 Å². The molecule has 1 aliphatic rings. The molecule has 0 saturated carbocycles. The summed E-state index contributed by atoms with van der Waals surface area (Å²) in [5.41, 5.74) is 0.823. The molecule has 0 bridgehead atoms. The van der Waals surface area contributed by atoms with Gasteiger partial charge in [-0.1, -0.05) is 6.07 Å². The summed E-state index contributed by atoms with van der Waals surface area (Å²) < 4.78 is 32.9. The summed E-state index contributed by atoms with van der Waals surface area (Å²) in [6.07, 6.45) is 2.44. The zero-order chi connectivity index (χ0) is 17.1. The highest BCUT2D eigenvalue weighted by atomic mass is 19.2. The van der Waals surface area contributed by atoms with Gasteiger partial charge in [-0.25, -0.2) is 13.8 Å². The van der Waals surface area contributed by atoms with Gasteiger partial charge in [-0.3, -0.25) is 0 Å². The zero-order valence-electron chi connectivity index (χ0n) is 14.1. The van der Waals surface area contributed by atoms with E-state index in [1.54, 1.807) is 6.92 Å². The van der Waals surface area contributed by atoms with E-state index in [4.69, 9.17) is 4.42 Å². The van der Waals surface area contributed by atoms with Crippen LogP contribution < -0.4 is 5.32 Å². The largest absolute Gasteiger partial charge is 0.441 e. The molecule has 1 saturated heterocycles. The van der Waals surface area contributed by atoms with Crippen LogP contribution in [0.25, 0.3) is 11.5 Å². The van der Waals surface area contributed by atoms with Crippen LogP contribution in [0.1, 0.15) is 24.3 Å². The molecular weight excluding hydrogens is 312 g/mol. The molecule has 0 aliphatic carbocycles. The van der Waals surface area contributed by atoms with Gasteiger partial charge in [0.25, 0.3) is 0 Å². The van der Waals surface area contributed by atoms with E-state index in [0.717, 1.165) is 31.4 Å². The smallest absolute Gasteiger partial charge is 0.229 e. The van der Waals surface area contributed by atoms with Crippen LogP contribution in [0.15, 0.2) is 22.6 Å². The Bertz CT molecular complexity index is 696. The van der Waals surface area contributed by atoms with E-state index in [0.29, 0.717) is 18.2 Å². The van der Waals surface area contributed by atoms with Crippen molar-refractivity contribution in [1.29, 1.82) is 0 Å². The number of halogens is 2. The minimum Gasteiger partial charge on any atom is -0.441 e. The van der Waals surface area contributed by atoms with Crippen LogP contribution in [-0.2, 0) is 6.54 Å². The summed E-state index contributed by atoms with van der Waals surface area (Å²) in [6, 6.07) is 4.02. The fourth-order valence-electron chi connectivity index (χ4n) is 3.20. The molecule has 1 aromatic carbocycles. The SMILES string of the molecule is Cc1oc(-c2cccc(F)c2F)nc1CN(C)C[C@@H]1CCCNC1. The van der Waals surface area contributed by atoms with E-state index < -0.39 is 11.6 Å². The van der Waals surface area contributed by atoms with E-state index >= 15 is 0 Å². The second-order valence-corrected chi connectivity index (χ2v) is 6.53. The fourth-order valence-corrected chi connectivity index (χ4v) is 3.20. The third kappa shape index (κ3) is 3.82. The maximum absolute atomic E-state index is 13.9. The second-order valence-electron chi connectivity index (χ2n) is 6.53. The van der Waals surface area contributed by atoms with Crippen molar-refractivity contribution < 1.29 is 13.2 Å². The molecule has 0 spiro atoms. The van der Waals surface area contributed by atoms with Crippen molar-refractivity contribution in [3.05, 3.63) is 41.3 Å². The van der Waals surface area contributed by atoms with Crippen LogP contribution in [0.5, 0.6) is 0 Å². The highest BCUT2D eigenvalue weighted by Crippen LogP contribution is 2.26. The normalized spacial score (nSPS) is 18.3. The Hall–Kier alpha value is -1.79. The minimum absolute atomic E-state index is 0.0588. The topological polar surface area (TPSA) is 41.3 Å². The Morgan fingerprint density at radius 2 is 2.21 bits per heavy atom. The number of rotatable bonds is 5. The molecule has 3 rings (SSSR count). The number of piperidine rings is 1. The van der Waals surface area contributed by atoms with Gasteiger partial charge in [0.2, 0.25) is 5.89 Å². The van der Waals surface area contributed by atoms with Crippen molar-refractivity contribution in [2.75, 3.05) is 26.7 Å². The van der Waals surface area contributed by atoms with Crippen LogP contribution in [0.2, 0.25) is 0 Å². The first-order chi connectivity index (χ1) is 11.5. The molecule has 130 valence electrons. The first-order valence-electron chi connectivity index (χ1n) is 8.34. The predicted molar refractivity (Wildman–Crippen MR) is 88.5 cm³/mol. The highest BCUT2D eigenvalue weighted by molar-refractivity contribution is 5.54. The molecule has 1 atom stereocenters. The number of aryl methyl sites for hydroxylation is 1. The van der Waals surface area contributed by atoms with Gasteiger partial charge in [-0.15, -0.1) is 0 Å². The molecule has 0 radical (unpaired) electrons. The van der Waals surface area contributed by atoms with Gasteiger partial charge in [-0.2, -0.15) is 0 Å². The standard InChI is InChI=1S/C18H23F2N3O/c1-12-16(11-23(2)10-13-5-4-8-21-9-13)22-18(24-12)14-6-3-7-15(19)17(14)20/h3,6-7,13,21H,4-5,8-11H2,1-2H3/t13-/m1/s1. The zero-order valence-corrected chi connectivity index (χ0v) is 14.1. The van der Waals surface area contributed by atoms with Gasteiger partial charge >= 0.3 is 0 Å². The molecule has 2 heterocycles. The summed E-state index contributed by atoms with van der Waals surface area (Å²) in [6.45, 7) is 5.55. The number of hydrogen-bond acceptors (Lipinski definition) is 4. The fraction of sp³-hybridized carbons (Fsp3) is 0.500. The third-order valence-electron chi connectivity index (χ3n) is 4.46. The minimum atomic E-state index is -0.924. The molecule has 4 nitrogen and oxygen atoms in total. The van der Waals surface area contributed by atoms with Crippen LogP contribution in [0, 0.1) is 24.5 Å². The van der Waals surface area contributed by atoms with E-state index in [1.807, 2.05) is 7.05 Å². The maximum atomic E-state index is 13.9. The summed E-state index contributed by atoms with van der Waals surface area (Å²) >= 11 is 0. The van der Waals surface area contributed by atoms with E-state index in [9.17, 15) is 8.78 Å². The number of aromatic nitrogens is 1. The lowest BCUT2D eigenvalue weighted by Crippen LogP contribution is -2.36. The van der Waals surface area contributed by atoms with Gasteiger partial charge in [0.15, 0.2) is 11.6 Å². The number of benzene rings is 1. The summed E-state index contributed by atoms with van der Waals surface area (Å²) in [5.74, 6) is -0.413.